The third kappa shape index (κ3) is 8.50. The van der Waals surface area contributed by atoms with Crippen molar-refractivity contribution in [1.29, 1.82) is 0 Å². The fourth-order valence-electron chi connectivity index (χ4n) is 6.78. The third-order valence-corrected chi connectivity index (χ3v) is 12.1. The summed E-state index contributed by atoms with van der Waals surface area (Å²) in [6.07, 6.45) is -0.885. The average molecular weight is 796 g/mol. The number of amides is 2. The number of nitro benzene ring substituents is 2. The number of nitro groups is 2. The zero-order valence-corrected chi connectivity index (χ0v) is 32.2. The number of thioether (sulfide) groups is 1. The van der Waals surface area contributed by atoms with Crippen molar-refractivity contribution in [1.82, 2.24) is 20.3 Å². The van der Waals surface area contributed by atoms with Gasteiger partial charge in [0.1, 0.15) is 18.0 Å². The molecule has 0 aliphatic carbocycles. The molecule has 0 spiro atoms. The summed E-state index contributed by atoms with van der Waals surface area (Å²) < 4.78 is 5.62. The smallest absolute Gasteiger partial charge is 0.356 e. The van der Waals surface area contributed by atoms with Crippen LogP contribution in [0.2, 0.25) is 0 Å². The molecule has 0 radical (unpaired) electrons. The summed E-state index contributed by atoms with van der Waals surface area (Å²) in [4.78, 5) is 77.1. The molecule has 2 saturated heterocycles. The van der Waals surface area contributed by atoms with E-state index in [0.717, 1.165) is 5.56 Å². The molecule has 2 fully saturated rings. The maximum Gasteiger partial charge on any atom is 0.356 e. The molecule has 3 aliphatic rings. The molecule has 2 amide bonds. The first kappa shape index (κ1) is 39.7. The van der Waals surface area contributed by atoms with Gasteiger partial charge in [-0.05, 0) is 56.2 Å². The first-order valence-electron chi connectivity index (χ1n) is 17.7. The van der Waals surface area contributed by atoms with Gasteiger partial charge in [0.2, 0.25) is 5.91 Å². The number of hydroxylamine groups is 1. The fraction of sp³-hybridized carbons (Fsp3) is 0.444. The molecule has 4 atom stereocenters. The molecule has 55 heavy (non-hydrogen) atoms. The van der Waals surface area contributed by atoms with Gasteiger partial charge in [-0.2, -0.15) is 0 Å². The van der Waals surface area contributed by atoms with E-state index < -0.39 is 27.8 Å². The summed E-state index contributed by atoms with van der Waals surface area (Å²) >= 11 is 2.87. The number of nitrogens with one attached hydrogen (secondary N) is 1. The Morgan fingerprint density at radius 1 is 1.04 bits per heavy atom. The molecule has 0 saturated carbocycles. The van der Waals surface area contributed by atoms with Gasteiger partial charge in [-0.1, -0.05) is 6.92 Å². The second-order valence-corrected chi connectivity index (χ2v) is 16.0. The Labute approximate surface area is 324 Å². The number of rotatable bonds is 17. The van der Waals surface area contributed by atoms with Crippen molar-refractivity contribution >= 4 is 57.4 Å². The Morgan fingerprint density at radius 2 is 1.64 bits per heavy atom. The number of esters is 1. The first-order valence-corrected chi connectivity index (χ1v) is 19.4. The fourth-order valence-corrected chi connectivity index (χ4v) is 9.12. The number of hydrogen-bond acceptors (Lipinski definition) is 15. The standard InChI is InChI=1S/C36H41N7O10S2/c1-20(2)40(14-13-37-53-18-24-7-11-26(12-8-24)43(50)51)33(45)28-19-54-36(38-28)39-15-27(16-39)55-32-21(3)30-29(22(4)44)34(46)41(30)31(32)35(47)52-17-23-5-9-25(10-6-23)42(48)49/h5-12,19-22,27,29-30,37,44H,13-18H2,1-4H3/t21-,22-,29-,30-/m1/s1. The quantitative estimate of drug-likeness (QED) is 0.0643. The molecule has 0 bridgehead atoms. The van der Waals surface area contributed by atoms with Gasteiger partial charge in [-0.3, -0.25) is 34.7 Å². The van der Waals surface area contributed by atoms with Crippen molar-refractivity contribution in [3.8, 4) is 0 Å². The van der Waals surface area contributed by atoms with Crippen LogP contribution in [0.3, 0.4) is 0 Å². The van der Waals surface area contributed by atoms with E-state index in [4.69, 9.17) is 9.57 Å². The van der Waals surface area contributed by atoms with E-state index in [1.54, 1.807) is 29.3 Å². The molecule has 4 heterocycles. The van der Waals surface area contributed by atoms with E-state index in [2.05, 4.69) is 15.4 Å². The highest BCUT2D eigenvalue weighted by Crippen LogP contribution is 2.52. The highest BCUT2D eigenvalue weighted by Gasteiger charge is 2.60. The number of benzene rings is 2. The highest BCUT2D eigenvalue weighted by atomic mass is 32.2. The number of thiazole rings is 1. The van der Waals surface area contributed by atoms with Crippen LogP contribution >= 0.6 is 23.1 Å². The van der Waals surface area contributed by atoms with Crippen LogP contribution in [-0.4, -0.2) is 97.1 Å². The van der Waals surface area contributed by atoms with Crippen molar-refractivity contribution in [3.63, 3.8) is 0 Å². The van der Waals surface area contributed by atoms with Crippen molar-refractivity contribution in [2.45, 2.75) is 64.3 Å². The molecule has 2 aromatic carbocycles. The number of anilines is 1. The van der Waals surface area contributed by atoms with E-state index in [9.17, 15) is 39.7 Å². The molecule has 19 heteroatoms. The van der Waals surface area contributed by atoms with Gasteiger partial charge in [0.25, 0.3) is 17.3 Å². The number of carbonyl (C=O) groups excluding carboxylic acids is 3. The SMILES string of the molecule is CC(C)N(CCNOCc1ccc([N+](=O)[O-])cc1)C(=O)c1csc(N2CC(SC3=C(C(=O)OCc4ccc([N+](=O)[O-])cc4)N4C(=O)[C@H]([C@@H](C)O)[C@H]4[C@H]3C)C2)n1. The minimum absolute atomic E-state index is 0.00186. The summed E-state index contributed by atoms with van der Waals surface area (Å²) in [5, 5.41) is 34.7. The molecule has 6 rings (SSSR count). The monoisotopic (exact) mass is 795 g/mol. The van der Waals surface area contributed by atoms with Crippen LogP contribution in [0.1, 0.15) is 49.3 Å². The van der Waals surface area contributed by atoms with Gasteiger partial charge in [-0.15, -0.1) is 23.1 Å². The molecule has 3 aromatic rings. The molecular weight excluding hydrogens is 755 g/mol. The number of nitrogens with zero attached hydrogens (tertiary/aromatic N) is 6. The molecule has 292 valence electrons. The van der Waals surface area contributed by atoms with Gasteiger partial charge in [-0.25, -0.2) is 15.3 Å². The number of aromatic nitrogens is 1. The number of β-lactam (4-membered cyclic amide) rings is 1. The lowest BCUT2D eigenvalue weighted by molar-refractivity contribution is -0.385. The molecule has 17 nitrogen and oxygen atoms in total. The maximum absolute atomic E-state index is 13.5. The molecule has 2 N–H and O–H groups in total. The summed E-state index contributed by atoms with van der Waals surface area (Å²) in [6.45, 7) is 9.29. The summed E-state index contributed by atoms with van der Waals surface area (Å²) in [6, 6.07) is 11.3. The van der Waals surface area contributed by atoms with E-state index in [1.165, 1.54) is 64.4 Å². The predicted molar refractivity (Wildman–Crippen MR) is 203 cm³/mol. The van der Waals surface area contributed by atoms with Gasteiger partial charge < -0.3 is 24.5 Å². The predicted octanol–water partition coefficient (Wildman–Crippen LogP) is 4.27. The summed E-state index contributed by atoms with van der Waals surface area (Å²) in [5.41, 5.74) is 4.59. The number of non-ortho nitro benzene ring substituents is 2. The molecule has 0 unspecified atom stereocenters. The Balaban J connectivity index is 1.04. The number of carbonyl (C=O) groups is 3. The Bertz CT molecular complexity index is 1970. The van der Waals surface area contributed by atoms with Crippen molar-refractivity contribution in [3.05, 3.63) is 102 Å². The largest absolute Gasteiger partial charge is 0.456 e. The van der Waals surface area contributed by atoms with Crippen molar-refractivity contribution < 1.29 is 38.9 Å². The van der Waals surface area contributed by atoms with Crippen LogP contribution in [0.15, 0.2) is 64.5 Å². The average Bonchev–Trinajstić information content (AvgIpc) is 3.71. The number of aliphatic hydroxyl groups is 1. The van der Waals surface area contributed by atoms with Crippen LogP contribution in [0.5, 0.6) is 0 Å². The lowest BCUT2D eigenvalue weighted by Gasteiger charge is -2.46. The Kier molecular flexibility index (Phi) is 12.2. The topological polar surface area (TPSA) is 211 Å². The minimum atomic E-state index is -0.885. The van der Waals surface area contributed by atoms with Gasteiger partial charge in [0, 0.05) is 77.9 Å². The second kappa shape index (κ2) is 16.8. The highest BCUT2D eigenvalue weighted by molar-refractivity contribution is 8.03. The minimum Gasteiger partial charge on any atom is -0.456 e. The van der Waals surface area contributed by atoms with E-state index in [0.29, 0.717) is 47.5 Å². The van der Waals surface area contributed by atoms with Crippen LogP contribution in [0, 0.1) is 32.1 Å². The number of hydrogen-bond donors (Lipinski definition) is 2. The van der Waals surface area contributed by atoms with Crippen LogP contribution in [0.25, 0.3) is 0 Å². The number of fused-ring (bicyclic) bond motifs is 1. The van der Waals surface area contributed by atoms with Crippen LogP contribution < -0.4 is 10.4 Å². The molecule has 3 aliphatic heterocycles. The second-order valence-electron chi connectivity index (χ2n) is 13.8. The summed E-state index contributed by atoms with van der Waals surface area (Å²) in [7, 11) is 0. The van der Waals surface area contributed by atoms with Crippen molar-refractivity contribution in [2.24, 2.45) is 11.8 Å². The number of ether oxygens (including phenoxy) is 1. The van der Waals surface area contributed by atoms with Crippen molar-refractivity contribution in [2.75, 3.05) is 31.1 Å². The Morgan fingerprint density at radius 3 is 2.20 bits per heavy atom. The van der Waals surface area contributed by atoms with E-state index >= 15 is 0 Å². The first-order chi connectivity index (χ1) is 26.2. The zero-order valence-electron chi connectivity index (χ0n) is 30.5. The lowest BCUT2D eigenvalue weighted by atomic mass is 9.79. The molecular formula is C36H41N7O10S2. The Hall–Kier alpha value is -4.95. The zero-order chi connectivity index (χ0) is 39.6. The van der Waals surface area contributed by atoms with Gasteiger partial charge in [0.15, 0.2) is 5.13 Å². The lowest BCUT2D eigenvalue weighted by Crippen LogP contribution is -2.63. The normalized spacial score (nSPS) is 19.9. The maximum atomic E-state index is 13.5. The van der Waals surface area contributed by atoms with Gasteiger partial charge >= 0.3 is 5.97 Å². The van der Waals surface area contributed by atoms with Crippen LogP contribution in [-0.2, 0) is 32.4 Å². The third-order valence-electron chi connectivity index (χ3n) is 9.77. The van der Waals surface area contributed by atoms with E-state index in [-0.39, 0.29) is 65.4 Å². The van der Waals surface area contributed by atoms with Crippen LogP contribution in [0.4, 0.5) is 16.5 Å². The van der Waals surface area contributed by atoms with Gasteiger partial charge in [0.05, 0.1) is 34.5 Å². The molecule has 1 aromatic heterocycles. The van der Waals surface area contributed by atoms with E-state index in [1.807, 2.05) is 20.8 Å². The number of aliphatic hydroxyl groups excluding tert-OH is 1. The summed E-state index contributed by atoms with van der Waals surface area (Å²) in [5.74, 6) is -2.07.